The lowest BCUT2D eigenvalue weighted by Gasteiger charge is -2.19. The summed E-state index contributed by atoms with van der Waals surface area (Å²) in [5.74, 6) is -4.31. The molecular formula is C19H24O8. The highest BCUT2D eigenvalue weighted by molar-refractivity contribution is 5.88. The van der Waals surface area contributed by atoms with Crippen LogP contribution in [0.5, 0.6) is 0 Å². The van der Waals surface area contributed by atoms with Gasteiger partial charge in [0.25, 0.3) is 0 Å². The molecule has 1 heterocycles. The second-order valence-electron chi connectivity index (χ2n) is 6.56. The minimum atomic E-state index is -1.53. The largest absolute Gasteiger partial charge is 0.478 e. The van der Waals surface area contributed by atoms with Crippen molar-refractivity contribution in [2.24, 2.45) is 0 Å². The monoisotopic (exact) mass is 380 g/mol. The Morgan fingerprint density at radius 3 is 2.26 bits per heavy atom. The maximum Gasteiger partial charge on any atom is 0.349 e. The predicted molar refractivity (Wildman–Crippen MR) is 92.6 cm³/mol. The third-order valence-corrected chi connectivity index (χ3v) is 3.86. The minimum Gasteiger partial charge on any atom is -0.478 e. The number of aliphatic carboxylic acids is 1. The van der Waals surface area contributed by atoms with Gasteiger partial charge in [0, 0.05) is 5.56 Å². The molecule has 0 radical (unpaired) electrons. The molecule has 1 fully saturated rings. The lowest BCUT2D eigenvalue weighted by molar-refractivity contribution is -0.180. The van der Waals surface area contributed by atoms with Crippen LogP contribution in [0.1, 0.15) is 45.3 Å². The van der Waals surface area contributed by atoms with Crippen molar-refractivity contribution >= 4 is 17.9 Å². The Hall–Kier alpha value is -2.45. The molecule has 0 amide bonds. The normalized spacial score (nSPS) is 22.0. The molecule has 0 spiro atoms. The first-order valence-electron chi connectivity index (χ1n) is 8.75. The van der Waals surface area contributed by atoms with Crippen molar-refractivity contribution in [2.45, 2.75) is 57.7 Å². The third-order valence-electron chi connectivity index (χ3n) is 3.86. The van der Waals surface area contributed by atoms with E-state index in [0.717, 1.165) is 6.42 Å². The zero-order chi connectivity index (χ0) is 20.0. The van der Waals surface area contributed by atoms with Crippen LogP contribution in [0.3, 0.4) is 0 Å². The summed E-state index contributed by atoms with van der Waals surface area (Å²) in [5, 5.41) is 9.40. The van der Waals surface area contributed by atoms with Crippen LogP contribution in [0.2, 0.25) is 0 Å². The quantitative estimate of drug-likeness (QED) is 0.540. The molecule has 1 aromatic carbocycles. The lowest BCUT2D eigenvalue weighted by atomic mass is 10.1. The molecule has 0 bridgehead atoms. The number of rotatable bonds is 8. The van der Waals surface area contributed by atoms with Crippen LogP contribution in [0.15, 0.2) is 30.3 Å². The van der Waals surface area contributed by atoms with Gasteiger partial charge in [-0.25, -0.2) is 14.4 Å². The Morgan fingerprint density at radius 2 is 1.70 bits per heavy atom. The van der Waals surface area contributed by atoms with E-state index in [2.05, 4.69) is 0 Å². The first kappa shape index (κ1) is 20.9. The van der Waals surface area contributed by atoms with Crippen LogP contribution < -0.4 is 0 Å². The summed E-state index contributed by atoms with van der Waals surface area (Å²) in [7, 11) is 0. The van der Waals surface area contributed by atoms with E-state index in [1.165, 1.54) is 12.1 Å². The molecular weight excluding hydrogens is 356 g/mol. The van der Waals surface area contributed by atoms with E-state index in [1.807, 2.05) is 6.92 Å². The number of ether oxygens (including phenoxy) is 4. The molecule has 1 aromatic rings. The second kappa shape index (κ2) is 8.96. The zero-order valence-electron chi connectivity index (χ0n) is 15.5. The highest BCUT2D eigenvalue weighted by atomic mass is 16.8. The number of esters is 2. The second-order valence-corrected chi connectivity index (χ2v) is 6.56. The first-order valence-corrected chi connectivity index (χ1v) is 8.75. The summed E-state index contributed by atoms with van der Waals surface area (Å²) >= 11 is 0. The highest BCUT2D eigenvalue weighted by Crippen LogP contribution is 2.31. The Labute approximate surface area is 157 Å². The van der Waals surface area contributed by atoms with Crippen LogP contribution in [-0.2, 0) is 33.3 Å². The number of carbonyl (C=O) groups is 3. The van der Waals surface area contributed by atoms with Crippen molar-refractivity contribution in [3.05, 3.63) is 35.9 Å². The van der Waals surface area contributed by atoms with Gasteiger partial charge in [0.2, 0.25) is 6.10 Å². The van der Waals surface area contributed by atoms with Gasteiger partial charge < -0.3 is 24.1 Å². The molecule has 0 aromatic heterocycles. The first-order chi connectivity index (χ1) is 12.7. The molecule has 8 heteroatoms. The fraction of sp³-hybridized carbons (Fsp3) is 0.526. The van der Waals surface area contributed by atoms with Gasteiger partial charge in [-0.3, -0.25) is 0 Å². The standard InChI is InChI=1S/C19H24O8/c1-4-5-11-24-17(22)14-15(27-19(2,3)26-14)18(23)25-13(16(20)21)12-9-7-6-8-10-12/h6-10,13-15H,4-5,11H2,1-3H3,(H,20,21)/t13-,14-,15-/m0/s1. The SMILES string of the molecule is CCCCOC(=O)[C@H]1OC(C)(C)O[C@@H]1C(=O)O[C@H](C(=O)O)c1ccccc1. The molecule has 0 aliphatic carbocycles. The fourth-order valence-corrected chi connectivity index (χ4v) is 2.58. The Balaban J connectivity index is 2.13. The third kappa shape index (κ3) is 5.51. The molecule has 8 nitrogen and oxygen atoms in total. The fourth-order valence-electron chi connectivity index (χ4n) is 2.58. The Bertz CT molecular complexity index is 670. The van der Waals surface area contributed by atoms with Gasteiger partial charge in [0.05, 0.1) is 6.61 Å². The number of carboxylic acid groups (broad SMARTS) is 1. The van der Waals surface area contributed by atoms with Crippen LogP contribution in [0.25, 0.3) is 0 Å². The van der Waals surface area contributed by atoms with Gasteiger partial charge >= 0.3 is 17.9 Å². The number of unbranched alkanes of at least 4 members (excludes halogenated alkanes) is 1. The van der Waals surface area contributed by atoms with Crippen molar-refractivity contribution < 1.29 is 38.4 Å². The maximum atomic E-state index is 12.6. The molecule has 27 heavy (non-hydrogen) atoms. The van der Waals surface area contributed by atoms with E-state index in [9.17, 15) is 19.5 Å². The average molecular weight is 380 g/mol. The molecule has 1 aliphatic heterocycles. The number of hydrogen-bond acceptors (Lipinski definition) is 7. The van der Waals surface area contributed by atoms with E-state index >= 15 is 0 Å². The van der Waals surface area contributed by atoms with Gasteiger partial charge in [0.15, 0.2) is 18.0 Å². The average Bonchev–Trinajstić information content (AvgIpc) is 2.96. The number of carbonyl (C=O) groups excluding carboxylic acids is 2. The molecule has 0 saturated carbocycles. The summed E-state index contributed by atoms with van der Waals surface area (Å²) in [6, 6.07) is 8.02. The summed E-state index contributed by atoms with van der Waals surface area (Å²) < 4.78 is 21.2. The van der Waals surface area contributed by atoms with Crippen LogP contribution in [0.4, 0.5) is 0 Å². The number of benzene rings is 1. The number of hydrogen-bond donors (Lipinski definition) is 1. The predicted octanol–water partition coefficient (Wildman–Crippen LogP) is 2.22. The van der Waals surface area contributed by atoms with Gasteiger partial charge in [-0.1, -0.05) is 43.7 Å². The Kier molecular flexibility index (Phi) is 6.92. The molecule has 2 rings (SSSR count). The molecule has 1 aliphatic rings. The van der Waals surface area contributed by atoms with Crippen molar-refractivity contribution in [1.82, 2.24) is 0 Å². The van der Waals surface area contributed by atoms with Gasteiger partial charge in [-0.05, 0) is 20.3 Å². The molecule has 148 valence electrons. The summed E-state index contributed by atoms with van der Waals surface area (Å²) in [6.07, 6.45) is -2.76. The molecule has 1 N–H and O–H groups in total. The van der Waals surface area contributed by atoms with E-state index in [-0.39, 0.29) is 6.61 Å². The molecule has 3 atom stereocenters. The van der Waals surface area contributed by atoms with E-state index in [1.54, 1.807) is 32.0 Å². The molecule has 1 saturated heterocycles. The van der Waals surface area contributed by atoms with Gasteiger partial charge in [-0.2, -0.15) is 0 Å². The maximum absolute atomic E-state index is 12.6. The van der Waals surface area contributed by atoms with Gasteiger partial charge in [0.1, 0.15) is 0 Å². The Morgan fingerprint density at radius 1 is 1.11 bits per heavy atom. The topological polar surface area (TPSA) is 108 Å². The van der Waals surface area contributed by atoms with Crippen LogP contribution in [-0.4, -0.2) is 47.6 Å². The minimum absolute atomic E-state index is 0.194. The number of carboxylic acids is 1. The van der Waals surface area contributed by atoms with Crippen molar-refractivity contribution in [2.75, 3.05) is 6.61 Å². The van der Waals surface area contributed by atoms with Crippen LogP contribution >= 0.6 is 0 Å². The highest BCUT2D eigenvalue weighted by Gasteiger charge is 2.51. The zero-order valence-corrected chi connectivity index (χ0v) is 15.5. The lowest BCUT2D eigenvalue weighted by Crippen LogP contribution is -2.40. The van der Waals surface area contributed by atoms with E-state index in [0.29, 0.717) is 12.0 Å². The van der Waals surface area contributed by atoms with Crippen molar-refractivity contribution in [1.29, 1.82) is 0 Å². The van der Waals surface area contributed by atoms with E-state index in [4.69, 9.17) is 18.9 Å². The van der Waals surface area contributed by atoms with Gasteiger partial charge in [-0.15, -0.1) is 0 Å². The van der Waals surface area contributed by atoms with E-state index < -0.39 is 42.0 Å². The van der Waals surface area contributed by atoms with Crippen molar-refractivity contribution in [3.8, 4) is 0 Å². The molecule has 0 unspecified atom stereocenters. The summed E-state index contributed by atoms with van der Waals surface area (Å²) in [4.78, 5) is 36.4. The smallest absolute Gasteiger partial charge is 0.349 e. The van der Waals surface area contributed by atoms with Crippen LogP contribution in [0, 0.1) is 0 Å². The summed E-state index contributed by atoms with van der Waals surface area (Å²) in [5.41, 5.74) is 0.290. The van der Waals surface area contributed by atoms with Crippen molar-refractivity contribution in [3.63, 3.8) is 0 Å². The summed E-state index contributed by atoms with van der Waals surface area (Å²) in [6.45, 7) is 5.22.